The van der Waals surface area contributed by atoms with Crippen molar-refractivity contribution in [2.75, 3.05) is 32.7 Å². The lowest BCUT2D eigenvalue weighted by Gasteiger charge is -2.40. The molecule has 124 valence electrons. The zero-order valence-electron chi connectivity index (χ0n) is 15.2. The van der Waals surface area contributed by atoms with Crippen LogP contribution in [-0.4, -0.2) is 37.6 Å². The molecule has 0 aromatic heterocycles. The van der Waals surface area contributed by atoms with Gasteiger partial charge in [-0.15, -0.1) is 0 Å². The van der Waals surface area contributed by atoms with E-state index in [1.807, 2.05) is 0 Å². The van der Waals surface area contributed by atoms with E-state index in [9.17, 15) is 0 Å². The molecule has 2 unspecified atom stereocenters. The first-order chi connectivity index (χ1) is 9.79. The summed E-state index contributed by atoms with van der Waals surface area (Å²) in [5.41, 5.74) is 0.938. The van der Waals surface area contributed by atoms with Crippen LogP contribution in [0.15, 0.2) is 0 Å². The summed E-state index contributed by atoms with van der Waals surface area (Å²) in [5, 5.41) is 3.60. The summed E-state index contributed by atoms with van der Waals surface area (Å²) >= 11 is 0. The van der Waals surface area contributed by atoms with E-state index in [4.69, 9.17) is 0 Å². The Morgan fingerprint density at radius 1 is 0.905 bits per heavy atom. The van der Waals surface area contributed by atoms with Gasteiger partial charge in [-0.25, -0.2) is 0 Å². The van der Waals surface area contributed by atoms with E-state index in [0.29, 0.717) is 10.8 Å². The van der Waals surface area contributed by atoms with Crippen molar-refractivity contribution < 1.29 is 0 Å². The van der Waals surface area contributed by atoms with Gasteiger partial charge in [0.15, 0.2) is 0 Å². The maximum atomic E-state index is 3.60. The molecule has 2 aliphatic heterocycles. The van der Waals surface area contributed by atoms with Crippen molar-refractivity contribution in [2.45, 2.75) is 66.7 Å². The number of hydrogen-bond acceptors (Lipinski definition) is 2. The van der Waals surface area contributed by atoms with Crippen LogP contribution in [0.1, 0.15) is 66.7 Å². The topological polar surface area (TPSA) is 15.3 Å². The molecule has 0 bridgehead atoms. The van der Waals surface area contributed by atoms with Gasteiger partial charge in [0.1, 0.15) is 0 Å². The first-order valence-electron chi connectivity index (χ1n) is 9.22. The van der Waals surface area contributed by atoms with Crippen molar-refractivity contribution in [1.82, 2.24) is 10.2 Å². The minimum absolute atomic E-state index is 0.453. The molecule has 2 fully saturated rings. The summed E-state index contributed by atoms with van der Waals surface area (Å²) in [6, 6.07) is 0. The van der Waals surface area contributed by atoms with Crippen LogP contribution in [-0.2, 0) is 0 Å². The maximum absolute atomic E-state index is 3.60. The molecule has 0 aliphatic carbocycles. The number of hydrogen-bond donors (Lipinski definition) is 1. The summed E-state index contributed by atoms with van der Waals surface area (Å²) in [7, 11) is 0. The molecule has 0 radical (unpaired) electrons. The summed E-state index contributed by atoms with van der Waals surface area (Å²) in [6.07, 6.45) is 6.98. The van der Waals surface area contributed by atoms with Crippen LogP contribution in [0.5, 0.6) is 0 Å². The van der Waals surface area contributed by atoms with Crippen LogP contribution in [0.25, 0.3) is 0 Å². The third-order valence-corrected chi connectivity index (χ3v) is 6.08. The van der Waals surface area contributed by atoms with Gasteiger partial charge in [-0.3, -0.25) is 0 Å². The van der Waals surface area contributed by atoms with E-state index in [1.54, 1.807) is 0 Å². The van der Waals surface area contributed by atoms with Gasteiger partial charge in [-0.1, -0.05) is 34.6 Å². The first-order valence-corrected chi connectivity index (χ1v) is 9.22. The molecule has 2 saturated heterocycles. The zero-order valence-corrected chi connectivity index (χ0v) is 15.2. The highest BCUT2D eigenvalue weighted by molar-refractivity contribution is 4.87. The predicted molar refractivity (Wildman–Crippen MR) is 92.6 cm³/mol. The second-order valence-electron chi connectivity index (χ2n) is 9.30. The highest BCUT2D eigenvalue weighted by Gasteiger charge is 2.34. The fourth-order valence-electron chi connectivity index (χ4n) is 4.40. The normalized spacial score (nSPS) is 30.1. The van der Waals surface area contributed by atoms with E-state index in [2.05, 4.69) is 44.8 Å². The Bertz CT molecular complexity index is 310. The molecule has 0 spiro atoms. The second kappa shape index (κ2) is 7.00. The Labute approximate surface area is 133 Å². The average Bonchev–Trinajstić information content (AvgIpc) is 2.64. The van der Waals surface area contributed by atoms with Crippen molar-refractivity contribution in [2.24, 2.45) is 22.7 Å². The highest BCUT2D eigenvalue weighted by atomic mass is 15.1. The van der Waals surface area contributed by atoms with Gasteiger partial charge in [0.05, 0.1) is 0 Å². The maximum Gasteiger partial charge on any atom is 0.00358 e. The molecule has 21 heavy (non-hydrogen) atoms. The van der Waals surface area contributed by atoms with Gasteiger partial charge < -0.3 is 10.2 Å². The minimum Gasteiger partial charge on any atom is -0.316 e. The molecule has 0 aromatic rings. The van der Waals surface area contributed by atoms with Crippen molar-refractivity contribution >= 4 is 0 Å². The molecule has 0 amide bonds. The molecule has 1 N–H and O–H groups in total. The summed E-state index contributed by atoms with van der Waals surface area (Å²) < 4.78 is 0. The summed E-state index contributed by atoms with van der Waals surface area (Å²) in [5.74, 6) is 1.76. The number of likely N-dealkylation sites (tertiary alicyclic amines) is 1. The lowest BCUT2D eigenvalue weighted by molar-refractivity contribution is 0.0998. The highest BCUT2D eigenvalue weighted by Crippen LogP contribution is 2.36. The third kappa shape index (κ3) is 4.96. The molecule has 2 heterocycles. The van der Waals surface area contributed by atoms with Gasteiger partial charge in [-0.05, 0) is 80.9 Å². The van der Waals surface area contributed by atoms with Crippen LogP contribution in [0, 0.1) is 22.7 Å². The Hall–Kier alpha value is -0.0800. The third-order valence-electron chi connectivity index (χ3n) is 6.08. The summed E-state index contributed by atoms with van der Waals surface area (Å²) in [6.45, 7) is 18.6. The molecule has 2 nitrogen and oxygen atoms in total. The predicted octanol–water partition coefficient (Wildman–Crippen LogP) is 4.16. The summed E-state index contributed by atoms with van der Waals surface area (Å²) in [4.78, 5) is 2.76. The SMILES string of the molecule is CC(C)(C)C1CCCN(CC(C)(C)C2CCCNC2)CC1. The molecule has 2 atom stereocenters. The lowest BCUT2D eigenvalue weighted by atomic mass is 9.74. The van der Waals surface area contributed by atoms with E-state index in [-0.39, 0.29) is 0 Å². The lowest BCUT2D eigenvalue weighted by Crippen LogP contribution is -2.45. The van der Waals surface area contributed by atoms with Gasteiger partial charge in [0.2, 0.25) is 0 Å². The molecular formula is C19H38N2. The smallest absolute Gasteiger partial charge is 0.00358 e. The Morgan fingerprint density at radius 2 is 1.62 bits per heavy atom. The number of nitrogens with one attached hydrogen (secondary N) is 1. The van der Waals surface area contributed by atoms with Crippen molar-refractivity contribution in [3.63, 3.8) is 0 Å². The zero-order chi connectivity index (χ0) is 15.5. The molecule has 0 aromatic carbocycles. The van der Waals surface area contributed by atoms with E-state index in [1.165, 1.54) is 64.8 Å². The van der Waals surface area contributed by atoms with Gasteiger partial charge >= 0.3 is 0 Å². The molecular weight excluding hydrogens is 256 g/mol. The molecule has 2 aliphatic rings. The van der Waals surface area contributed by atoms with Crippen molar-refractivity contribution in [3.8, 4) is 0 Å². The minimum atomic E-state index is 0.453. The molecule has 2 rings (SSSR count). The molecule has 2 heteroatoms. The van der Waals surface area contributed by atoms with E-state index < -0.39 is 0 Å². The number of rotatable bonds is 3. The van der Waals surface area contributed by atoms with Crippen LogP contribution in [0.3, 0.4) is 0 Å². The van der Waals surface area contributed by atoms with Crippen molar-refractivity contribution in [3.05, 3.63) is 0 Å². The van der Waals surface area contributed by atoms with Crippen LogP contribution < -0.4 is 5.32 Å². The van der Waals surface area contributed by atoms with E-state index in [0.717, 1.165) is 11.8 Å². The van der Waals surface area contributed by atoms with Crippen LogP contribution >= 0.6 is 0 Å². The van der Waals surface area contributed by atoms with Gasteiger partial charge in [-0.2, -0.15) is 0 Å². The van der Waals surface area contributed by atoms with Crippen LogP contribution in [0.4, 0.5) is 0 Å². The Kier molecular flexibility index (Phi) is 5.76. The fraction of sp³-hybridized carbons (Fsp3) is 1.00. The average molecular weight is 295 g/mol. The van der Waals surface area contributed by atoms with Gasteiger partial charge in [0, 0.05) is 6.54 Å². The molecule has 0 saturated carbocycles. The van der Waals surface area contributed by atoms with E-state index >= 15 is 0 Å². The largest absolute Gasteiger partial charge is 0.316 e. The first kappa shape index (κ1) is 17.3. The fourth-order valence-corrected chi connectivity index (χ4v) is 4.40. The number of piperidine rings is 1. The number of nitrogens with zero attached hydrogens (tertiary/aromatic N) is 1. The second-order valence-corrected chi connectivity index (χ2v) is 9.30. The van der Waals surface area contributed by atoms with Crippen LogP contribution in [0.2, 0.25) is 0 Å². The van der Waals surface area contributed by atoms with Gasteiger partial charge in [0.25, 0.3) is 0 Å². The standard InChI is InChI=1S/C19H38N2/c1-18(2,3)16-9-7-12-21(13-10-16)15-19(4,5)17-8-6-11-20-14-17/h16-17,20H,6-15H2,1-5H3. The quantitative estimate of drug-likeness (QED) is 0.841. The van der Waals surface area contributed by atoms with Crippen molar-refractivity contribution in [1.29, 1.82) is 0 Å². The Morgan fingerprint density at radius 3 is 2.24 bits per heavy atom. The monoisotopic (exact) mass is 294 g/mol. The Balaban J connectivity index is 1.87.